The van der Waals surface area contributed by atoms with Crippen LogP contribution in [0, 0.1) is 0 Å². The maximum absolute atomic E-state index is 12.2. The van der Waals surface area contributed by atoms with E-state index in [-0.39, 0.29) is 18.8 Å². The Morgan fingerprint density at radius 2 is 1.87 bits per heavy atom. The summed E-state index contributed by atoms with van der Waals surface area (Å²) in [7, 11) is 4.11. The summed E-state index contributed by atoms with van der Waals surface area (Å²) in [5, 5.41) is 5.08. The molecule has 9 heteroatoms. The Balaban J connectivity index is 2.33. The molecule has 0 N–H and O–H groups in total. The zero-order valence-corrected chi connectivity index (χ0v) is 18.2. The number of carbonyl (C=O) groups excluding carboxylic acids is 1. The van der Waals surface area contributed by atoms with Crippen LogP contribution >= 0.6 is 23.2 Å². The van der Waals surface area contributed by atoms with E-state index in [1.54, 1.807) is 36.4 Å². The van der Waals surface area contributed by atoms with Gasteiger partial charge in [-0.3, -0.25) is 0 Å². The molecule has 0 unspecified atom stereocenters. The molecular weight excluding hydrogens is 433 g/mol. The Morgan fingerprint density at radius 3 is 2.53 bits per heavy atom. The third-order valence-corrected chi connectivity index (χ3v) is 4.49. The first-order chi connectivity index (χ1) is 14.5. The van der Waals surface area contributed by atoms with Crippen molar-refractivity contribution in [1.82, 2.24) is 0 Å². The summed E-state index contributed by atoms with van der Waals surface area (Å²) in [5.41, 5.74) is 2.39. The molecule has 0 aliphatic heterocycles. The van der Waals surface area contributed by atoms with Gasteiger partial charge in [0.2, 0.25) is 0 Å². The topological polar surface area (TPSA) is 75.6 Å². The monoisotopic (exact) mass is 453 g/mol. The maximum atomic E-state index is 12.2. The number of benzene rings is 2. The molecule has 0 saturated carbocycles. The molecule has 0 bridgehead atoms. The molecule has 0 fully saturated rings. The number of esters is 1. The van der Waals surface area contributed by atoms with Crippen LogP contribution in [0.5, 0.6) is 0 Å². The number of hydrogen-bond acceptors (Lipinski definition) is 7. The molecule has 160 valence electrons. The first-order valence-electron chi connectivity index (χ1n) is 8.71. The second-order valence-electron chi connectivity index (χ2n) is 5.78. The van der Waals surface area contributed by atoms with Gasteiger partial charge in [-0.1, -0.05) is 52.6 Å². The van der Waals surface area contributed by atoms with Crippen molar-refractivity contribution in [3.05, 3.63) is 75.5 Å². The smallest absolute Gasteiger partial charge is 0.341 e. The largest absolute Gasteiger partial charge is 0.503 e. The van der Waals surface area contributed by atoms with E-state index >= 15 is 0 Å². The molecule has 0 spiro atoms. The fourth-order valence-electron chi connectivity index (χ4n) is 2.53. The summed E-state index contributed by atoms with van der Waals surface area (Å²) in [5.74, 6) is -0.572. The average molecular weight is 454 g/mol. The van der Waals surface area contributed by atoms with Crippen molar-refractivity contribution >= 4 is 40.5 Å². The van der Waals surface area contributed by atoms with Crippen LogP contribution in [0.25, 0.3) is 5.57 Å². The van der Waals surface area contributed by atoms with Gasteiger partial charge in [-0.05, 0) is 18.2 Å². The Kier molecular flexibility index (Phi) is 9.63. The van der Waals surface area contributed by atoms with Gasteiger partial charge >= 0.3 is 5.97 Å². The average Bonchev–Trinajstić information content (AvgIpc) is 2.75. The molecule has 0 heterocycles. The van der Waals surface area contributed by atoms with E-state index in [0.717, 1.165) is 0 Å². The van der Waals surface area contributed by atoms with Crippen molar-refractivity contribution in [3.63, 3.8) is 0 Å². The van der Waals surface area contributed by atoms with E-state index in [4.69, 9.17) is 42.4 Å². The number of nitrogens with zero attached hydrogens (tertiary/aromatic N) is 1. The Hall–Kier alpha value is -2.58. The van der Waals surface area contributed by atoms with Gasteiger partial charge in [-0.15, -0.1) is 0 Å². The highest BCUT2D eigenvalue weighted by molar-refractivity contribution is 6.32. The van der Waals surface area contributed by atoms with Gasteiger partial charge in [-0.2, -0.15) is 0 Å². The minimum absolute atomic E-state index is 0.0237. The number of ether oxygens (including phenoxy) is 2. The highest BCUT2D eigenvalue weighted by Gasteiger charge is 2.19. The van der Waals surface area contributed by atoms with Crippen molar-refractivity contribution < 1.29 is 28.9 Å². The zero-order valence-electron chi connectivity index (χ0n) is 16.7. The predicted molar refractivity (Wildman–Crippen MR) is 114 cm³/mol. The third kappa shape index (κ3) is 6.47. The summed E-state index contributed by atoms with van der Waals surface area (Å²) in [6, 6.07) is 12.2. The van der Waals surface area contributed by atoms with E-state index < -0.39 is 5.97 Å². The van der Waals surface area contributed by atoms with Gasteiger partial charge < -0.3 is 14.3 Å². The van der Waals surface area contributed by atoms with Crippen molar-refractivity contribution in [2.24, 2.45) is 5.16 Å². The lowest BCUT2D eigenvalue weighted by atomic mass is 10.0. The SMILES string of the molecule is CO/C=C(/C(=O)OC)c1cccc(Cl)c1CO/N=C(\COOC)c1cccc(Cl)c1. The number of methoxy groups -OCH3 is 2. The number of hydrogen-bond donors (Lipinski definition) is 0. The standard InChI is InChI=1S/C21H21Cl2NO6/c1-26-11-18(21(25)27-2)16-8-5-9-19(23)17(16)12-29-24-20(13-30-28-3)14-6-4-7-15(22)10-14/h4-11H,12-13H2,1-3H3/b18-11+,24-20+. The van der Waals surface area contributed by atoms with Crippen LogP contribution in [0.1, 0.15) is 16.7 Å². The molecule has 0 saturated heterocycles. The first-order valence-corrected chi connectivity index (χ1v) is 9.46. The van der Waals surface area contributed by atoms with Gasteiger partial charge in [0.05, 0.1) is 27.6 Å². The molecule has 0 aliphatic carbocycles. The van der Waals surface area contributed by atoms with Crippen LogP contribution in [-0.4, -0.2) is 39.6 Å². The van der Waals surface area contributed by atoms with Crippen LogP contribution in [0.15, 0.2) is 53.9 Å². The van der Waals surface area contributed by atoms with Crippen LogP contribution in [-0.2, 0) is 35.5 Å². The number of rotatable bonds is 10. The van der Waals surface area contributed by atoms with E-state index in [0.29, 0.717) is 32.4 Å². The summed E-state index contributed by atoms with van der Waals surface area (Å²) in [6.45, 7) is 0.00725. The Morgan fingerprint density at radius 1 is 1.10 bits per heavy atom. The molecule has 0 aliphatic rings. The highest BCUT2D eigenvalue weighted by Crippen LogP contribution is 2.28. The number of carbonyl (C=O) groups is 1. The van der Waals surface area contributed by atoms with Crippen LogP contribution in [0.3, 0.4) is 0 Å². The van der Waals surface area contributed by atoms with Gasteiger partial charge in [0.25, 0.3) is 0 Å². The second kappa shape index (κ2) is 12.2. The predicted octanol–water partition coefficient (Wildman–Crippen LogP) is 4.65. The van der Waals surface area contributed by atoms with Gasteiger partial charge in [0, 0.05) is 26.7 Å². The van der Waals surface area contributed by atoms with E-state index in [1.807, 2.05) is 6.07 Å². The number of halogens is 2. The molecule has 0 radical (unpaired) electrons. The minimum Gasteiger partial charge on any atom is -0.503 e. The molecule has 0 amide bonds. The Labute approximate surface area is 184 Å². The quantitative estimate of drug-likeness (QED) is 0.130. The van der Waals surface area contributed by atoms with Crippen LogP contribution < -0.4 is 0 Å². The first kappa shape index (κ1) is 23.7. The summed E-state index contributed by atoms with van der Waals surface area (Å²) < 4.78 is 9.84. The van der Waals surface area contributed by atoms with Crippen molar-refractivity contribution in [2.75, 3.05) is 27.9 Å². The van der Waals surface area contributed by atoms with Crippen molar-refractivity contribution in [1.29, 1.82) is 0 Å². The van der Waals surface area contributed by atoms with E-state index in [2.05, 4.69) is 10.0 Å². The fraction of sp³-hybridized carbons (Fsp3) is 0.238. The van der Waals surface area contributed by atoms with Gasteiger partial charge in [0.15, 0.2) is 0 Å². The molecular formula is C21H21Cl2NO6. The summed E-state index contributed by atoms with van der Waals surface area (Å²) >= 11 is 12.4. The van der Waals surface area contributed by atoms with Crippen molar-refractivity contribution in [3.8, 4) is 0 Å². The molecule has 0 atom stereocenters. The Bertz CT molecular complexity index is 929. The second-order valence-corrected chi connectivity index (χ2v) is 6.62. The molecule has 2 rings (SSSR count). The lowest BCUT2D eigenvalue weighted by molar-refractivity contribution is -0.259. The maximum Gasteiger partial charge on any atom is 0.341 e. The molecule has 2 aromatic carbocycles. The minimum atomic E-state index is -0.572. The highest BCUT2D eigenvalue weighted by atomic mass is 35.5. The van der Waals surface area contributed by atoms with Crippen LogP contribution in [0.2, 0.25) is 10.0 Å². The van der Waals surface area contributed by atoms with Crippen LogP contribution in [0.4, 0.5) is 0 Å². The normalized spacial score (nSPS) is 11.9. The lowest BCUT2D eigenvalue weighted by Gasteiger charge is -2.13. The van der Waals surface area contributed by atoms with Gasteiger partial charge in [-0.25, -0.2) is 14.6 Å². The zero-order chi connectivity index (χ0) is 21.9. The molecule has 2 aromatic rings. The molecule has 7 nitrogen and oxygen atoms in total. The lowest BCUT2D eigenvalue weighted by Crippen LogP contribution is -2.12. The third-order valence-electron chi connectivity index (χ3n) is 3.91. The van der Waals surface area contributed by atoms with Gasteiger partial charge in [0.1, 0.15) is 24.5 Å². The summed E-state index contributed by atoms with van der Waals surface area (Å²) in [4.78, 5) is 27.3. The van der Waals surface area contributed by atoms with E-state index in [9.17, 15) is 4.79 Å². The molecule has 30 heavy (non-hydrogen) atoms. The fourth-order valence-corrected chi connectivity index (χ4v) is 2.95. The number of oxime groups is 1. The van der Waals surface area contributed by atoms with Crippen molar-refractivity contribution in [2.45, 2.75) is 6.61 Å². The van der Waals surface area contributed by atoms with E-state index in [1.165, 1.54) is 27.6 Å². The molecule has 0 aromatic heterocycles. The summed E-state index contributed by atoms with van der Waals surface area (Å²) in [6.07, 6.45) is 1.29.